The molecule has 0 aromatic carbocycles. The summed E-state index contributed by atoms with van der Waals surface area (Å²) in [6, 6.07) is 0. The standard InChI is InChI=1S/C4H2ClF7O/c5-2(6)13-1(3(7,8)9)4(10,11)12/h1-2H. The van der Waals surface area contributed by atoms with E-state index in [-0.39, 0.29) is 0 Å². The third-order valence-corrected chi connectivity index (χ3v) is 0.936. The predicted molar refractivity (Wildman–Crippen MR) is 27.7 cm³/mol. The molecule has 0 aliphatic heterocycles. The molecule has 0 aromatic rings. The summed E-state index contributed by atoms with van der Waals surface area (Å²) >= 11 is 4.20. The molecule has 9 heteroatoms. The fourth-order valence-electron chi connectivity index (χ4n) is 0.443. The molecular formula is C4H2ClF7O. The first-order valence-electron chi connectivity index (χ1n) is 2.62. The van der Waals surface area contributed by atoms with Gasteiger partial charge in [-0.3, -0.25) is 0 Å². The Morgan fingerprint density at radius 2 is 1.23 bits per heavy atom. The Kier molecular flexibility index (Phi) is 3.80. The summed E-state index contributed by atoms with van der Waals surface area (Å²) in [5.74, 6) is -3.16. The van der Waals surface area contributed by atoms with Crippen LogP contribution in [0.4, 0.5) is 30.7 Å². The van der Waals surface area contributed by atoms with E-state index in [0.29, 0.717) is 0 Å². The van der Waals surface area contributed by atoms with Gasteiger partial charge in [0.25, 0.3) is 11.9 Å². The van der Waals surface area contributed by atoms with Crippen LogP contribution in [0.2, 0.25) is 0 Å². The largest absolute Gasteiger partial charge is 0.423 e. The van der Waals surface area contributed by atoms with Crippen LogP contribution in [0.5, 0.6) is 0 Å². The summed E-state index contributed by atoms with van der Waals surface area (Å²) in [5.41, 5.74) is 0. The van der Waals surface area contributed by atoms with Crippen molar-refractivity contribution < 1.29 is 35.5 Å². The highest BCUT2D eigenvalue weighted by molar-refractivity contribution is 6.18. The Balaban J connectivity index is 4.58. The summed E-state index contributed by atoms with van der Waals surface area (Å²) in [4.78, 5) is 0. The first-order chi connectivity index (χ1) is 5.55. The molecule has 1 atom stereocenters. The lowest BCUT2D eigenvalue weighted by atomic mass is 10.3. The third-order valence-electron chi connectivity index (χ3n) is 0.834. The third kappa shape index (κ3) is 4.51. The van der Waals surface area contributed by atoms with E-state index in [9.17, 15) is 30.7 Å². The van der Waals surface area contributed by atoms with Crippen molar-refractivity contribution in [2.24, 2.45) is 0 Å². The SMILES string of the molecule is FC(Cl)OC(C(F)(F)F)C(F)(F)F. The van der Waals surface area contributed by atoms with Crippen molar-refractivity contribution in [3.63, 3.8) is 0 Å². The zero-order valence-corrected chi connectivity index (χ0v) is 6.34. The molecule has 0 aromatic heterocycles. The average molecular weight is 234 g/mol. The zero-order valence-electron chi connectivity index (χ0n) is 5.59. The van der Waals surface area contributed by atoms with Gasteiger partial charge in [0.2, 0.25) is 0 Å². The van der Waals surface area contributed by atoms with Gasteiger partial charge in [-0.1, -0.05) is 11.6 Å². The summed E-state index contributed by atoms with van der Waals surface area (Å²) < 4.78 is 83.4. The number of hydrogen-bond acceptors (Lipinski definition) is 1. The molecule has 0 amide bonds. The molecule has 1 nitrogen and oxygen atoms in total. The van der Waals surface area contributed by atoms with E-state index >= 15 is 0 Å². The van der Waals surface area contributed by atoms with Crippen LogP contribution in [-0.2, 0) is 4.74 Å². The normalized spacial score (nSPS) is 16.4. The summed E-state index contributed by atoms with van der Waals surface area (Å²) in [5, 5.41) is 0. The van der Waals surface area contributed by atoms with E-state index in [1.807, 2.05) is 0 Å². The molecule has 1 unspecified atom stereocenters. The molecule has 0 bridgehead atoms. The molecule has 0 rings (SSSR count). The van der Waals surface area contributed by atoms with Gasteiger partial charge in [-0.15, -0.1) is 0 Å². The van der Waals surface area contributed by atoms with Crippen LogP contribution in [0, 0.1) is 0 Å². The van der Waals surface area contributed by atoms with E-state index in [0.717, 1.165) is 0 Å². The average Bonchev–Trinajstić information content (AvgIpc) is 1.77. The molecule has 13 heavy (non-hydrogen) atoms. The first-order valence-corrected chi connectivity index (χ1v) is 3.06. The summed E-state index contributed by atoms with van der Waals surface area (Å²) in [7, 11) is 0. The van der Waals surface area contributed by atoms with E-state index in [1.165, 1.54) is 0 Å². The van der Waals surface area contributed by atoms with Crippen LogP contribution in [0.1, 0.15) is 0 Å². The maximum absolute atomic E-state index is 11.6. The minimum Gasteiger partial charge on any atom is -0.314 e. The van der Waals surface area contributed by atoms with Crippen molar-refractivity contribution in [2.45, 2.75) is 24.3 Å². The molecule has 0 aliphatic rings. The minimum absolute atomic E-state index is 2.83. The van der Waals surface area contributed by atoms with Gasteiger partial charge < -0.3 is 4.74 Å². The lowest BCUT2D eigenvalue weighted by molar-refractivity contribution is -0.332. The molecule has 0 spiro atoms. The topological polar surface area (TPSA) is 9.23 Å². The first kappa shape index (κ1) is 12.8. The second-order valence-electron chi connectivity index (χ2n) is 1.86. The maximum atomic E-state index is 11.6. The van der Waals surface area contributed by atoms with Gasteiger partial charge in [-0.2, -0.15) is 30.7 Å². The molecule has 0 heterocycles. The molecule has 0 saturated heterocycles. The lowest BCUT2D eigenvalue weighted by Crippen LogP contribution is -2.45. The van der Waals surface area contributed by atoms with Crippen molar-refractivity contribution in [1.29, 1.82) is 0 Å². The Labute approximate surface area is 72.4 Å². The monoisotopic (exact) mass is 234 g/mol. The zero-order chi connectivity index (χ0) is 10.9. The van der Waals surface area contributed by atoms with Crippen LogP contribution < -0.4 is 0 Å². The Morgan fingerprint density at radius 3 is 1.31 bits per heavy atom. The smallest absolute Gasteiger partial charge is 0.314 e. The maximum Gasteiger partial charge on any atom is 0.423 e. The number of ether oxygens (including phenoxy) is 1. The van der Waals surface area contributed by atoms with Gasteiger partial charge >= 0.3 is 12.4 Å². The van der Waals surface area contributed by atoms with Gasteiger partial charge in [0.1, 0.15) is 0 Å². The van der Waals surface area contributed by atoms with Crippen LogP contribution >= 0.6 is 11.6 Å². The molecule has 80 valence electrons. The molecule has 0 saturated carbocycles. The molecule has 0 radical (unpaired) electrons. The number of alkyl halides is 8. The Hall–Kier alpha value is -0.240. The second-order valence-corrected chi connectivity index (χ2v) is 2.20. The van der Waals surface area contributed by atoms with E-state index in [2.05, 4.69) is 16.3 Å². The van der Waals surface area contributed by atoms with Crippen molar-refractivity contribution in [3.8, 4) is 0 Å². The minimum atomic E-state index is -5.74. The number of rotatable bonds is 2. The van der Waals surface area contributed by atoms with Crippen LogP contribution in [-0.4, -0.2) is 24.3 Å². The van der Waals surface area contributed by atoms with E-state index < -0.39 is 24.3 Å². The quantitative estimate of drug-likeness (QED) is 0.527. The second kappa shape index (κ2) is 3.87. The van der Waals surface area contributed by atoms with E-state index in [4.69, 9.17) is 0 Å². The van der Waals surface area contributed by atoms with Crippen molar-refractivity contribution in [1.82, 2.24) is 0 Å². The van der Waals surface area contributed by atoms with Gasteiger partial charge in [0.15, 0.2) is 0 Å². The van der Waals surface area contributed by atoms with E-state index in [1.54, 1.807) is 0 Å². The highest BCUT2D eigenvalue weighted by Crippen LogP contribution is 2.36. The van der Waals surface area contributed by atoms with Crippen LogP contribution in [0.15, 0.2) is 0 Å². The summed E-state index contributed by atoms with van der Waals surface area (Å²) in [6.45, 7) is 0. The van der Waals surface area contributed by atoms with Gasteiger partial charge in [0.05, 0.1) is 0 Å². The molecular weight excluding hydrogens is 232 g/mol. The van der Waals surface area contributed by atoms with Crippen molar-refractivity contribution in [3.05, 3.63) is 0 Å². The van der Waals surface area contributed by atoms with Crippen molar-refractivity contribution >= 4 is 11.6 Å². The lowest BCUT2D eigenvalue weighted by Gasteiger charge is -2.22. The Morgan fingerprint density at radius 1 is 0.923 bits per heavy atom. The highest BCUT2D eigenvalue weighted by atomic mass is 35.5. The molecule has 0 fully saturated rings. The predicted octanol–water partition coefficient (Wildman–Crippen LogP) is 2.99. The summed E-state index contributed by atoms with van der Waals surface area (Å²) in [6.07, 6.45) is -15.7. The fraction of sp³-hybridized carbons (Fsp3) is 1.00. The fourth-order valence-corrected chi connectivity index (χ4v) is 0.546. The Bertz CT molecular complexity index is 147. The van der Waals surface area contributed by atoms with Crippen LogP contribution in [0.25, 0.3) is 0 Å². The van der Waals surface area contributed by atoms with Gasteiger partial charge in [-0.05, 0) is 0 Å². The number of hydrogen-bond donors (Lipinski definition) is 0. The highest BCUT2D eigenvalue weighted by Gasteiger charge is 2.58. The molecule has 0 N–H and O–H groups in total. The number of halogens is 8. The van der Waals surface area contributed by atoms with Gasteiger partial charge in [0, 0.05) is 0 Å². The van der Waals surface area contributed by atoms with Crippen molar-refractivity contribution in [2.75, 3.05) is 0 Å². The molecule has 0 aliphatic carbocycles. The van der Waals surface area contributed by atoms with Gasteiger partial charge in [-0.25, -0.2) is 0 Å². The van der Waals surface area contributed by atoms with Crippen LogP contribution in [0.3, 0.4) is 0 Å².